The van der Waals surface area contributed by atoms with Gasteiger partial charge in [-0.1, -0.05) is 0 Å². The summed E-state index contributed by atoms with van der Waals surface area (Å²) in [5.74, 6) is -0.928. The Balaban J connectivity index is 2.32. The van der Waals surface area contributed by atoms with E-state index in [0.29, 0.717) is 19.3 Å². The van der Waals surface area contributed by atoms with Gasteiger partial charge >= 0.3 is 5.97 Å². The average Bonchev–Trinajstić information content (AvgIpc) is 2.17. The Labute approximate surface area is 90.0 Å². The second-order valence-corrected chi connectivity index (χ2v) is 3.97. The number of nitrogens with zero attached hydrogens (tertiary/aromatic N) is 1. The highest BCUT2D eigenvalue weighted by atomic mass is 16.5. The fraction of sp³-hybridized carbons (Fsp3) is 0.900. The van der Waals surface area contributed by atoms with E-state index in [1.54, 1.807) is 0 Å². The van der Waals surface area contributed by atoms with Crippen LogP contribution in [0.25, 0.3) is 0 Å². The van der Waals surface area contributed by atoms with Crippen molar-refractivity contribution in [2.75, 3.05) is 33.0 Å². The molecule has 5 heteroatoms. The molecular weight excluding hydrogens is 198 g/mol. The molecule has 1 atom stereocenters. The Hall–Kier alpha value is -0.650. The van der Waals surface area contributed by atoms with Crippen LogP contribution in [0.3, 0.4) is 0 Å². The maximum atomic E-state index is 10.3. The van der Waals surface area contributed by atoms with Crippen LogP contribution in [0.5, 0.6) is 0 Å². The minimum atomic E-state index is -0.928. The molecule has 88 valence electrons. The van der Waals surface area contributed by atoms with E-state index in [2.05, 4.69) is 18.7 Å². The number of carboxylic acid groups (broad SMARTS) is 1. The van der Waals surface area contributed by atoms with E-state index in [1.165, 1.54) is 0 Å². The monoisotopic (exact) mass is 217 g/mol. The molecule has 1 heterocycles. The van der Waals surface area contributed by atoms with Crippen LogP contribution in [0.1, 0.15) is 13.8 Å². The van der Waals surface area contributed by atoms with Gasteiger partial charge in [0, 0.05) is 12.6 Å². The highest BCUT2D eigenvalue weighted by Gasteiger charge is 2.25. The largest absolute Gasteiger partial charge is 0.480 e. The zero-order chi connectivity index (χ0) is 11.3. The number of carboxylic acids is 1. The molecule has 0 aromatic carbocycles. The van der Waals surface area contributed by atoms with Gasteiger partial charge in [-0.2, -0.15) is 0 Å². The van der Waals surface area contributed by atoms with Crippen LogP contribution in [0.4, 0.5) is 0 Å². The van der Waals surface area contributed by atoms with Crippen molar-refractivity contribution in [3.05, 3.63) is 0 Å². The van der Waals surface area contributed by atoms with Crippen LogP contribution in [0, 0.1) is 0 Å². The maximum absolute atomic E-state index is 10.3. The van der Waals surface area contributed by atoms with Crippen LogP contribution in [0.2, 0.25) is 0 Å². The SMILES string of the molecule is CC(C)N1CCOCC1COCC(=O)O. The summed E-state index contributed by atoms with van der Waals surface area (Å²) >= 11 is 0. The van der Waals surface area contributed by atoms with E-state index in [1.807, 2.05) is 0 Å². The first-order valence-corrected chi connectivity index (χ1v) is 5.24. The summed E-state index contributed by atoms with van der Waals surface area (Å²) in [6.45, 7) is 6.68. The van der Waals surface area contributed by atoms with Crippen LogP contribution in [0.15, 0.2) is 0 Å². The van der Waals surface area contributed by atoms with Crippen molar-refractivity contribution in [1.29, 1.82) is 0 Å². The quantitative estimate of drug-likeness (QED) is 0.712. The van der Waals surface area contributed by atoms with Crippen molar-refractivity contribution in [2.45, 2.75) is 25.9 Å². The van der Waals surface area contributed by atoms with Crippen molar-refractivity contribution in [3.8, 4) is 0 Å². The molecule has 1 fully saturated rings. The van der Waals surface area contributed by atoms with Crippen molar-refractivity contribution in [1.82, 2.24) is 4.90 Å². The van der Waals surface area contributed by atoms with Gasteiger partial charge in [0.15, 0.2) is 0 Å². The third-order valence-electron chi connectivity index (χ3n) is 2.47. The van der Waals surface area contributed by atoms with Gasteiger partial charge in [0.1, 0.15) is 6.61 Å². The lowest BCUT2D eigenvalue weighted by Gasteiger charge is -2.38. The fourth-order valence-corrected chi connectivity index (χ4v) is 1.77. The predicted molar refractivity (Wildman–Crippen MR) is 54.9 cm³/mol. The van der Waals surface area contributed by atoms with Crippen LogP contribution in [-0.2, 0) is 14.3 Å². The molecule has 1 aliphatic heterocycles. The first-order valence-electron chi connectivity index (χ1n) is 5.24. The van der Waals surface area contributed by atoms with E-state index in [0.717, 1.165) is 13.2 Å². The summed E-state index contributed by atoms with van der Waals surface area (Å²) < 4.78 is 10.4. The minimum absolute atomic E-state index is 0.179. The van der Waals surface area contributed by atoms with Crippen molar-refractivity contribution in [2.24, 2.45) is 0 Å². The van der Waals surface area contributed by atoms with Crippen LogP contribution < -0.4 is 0 Å². The van der Waals surface area contributed by atoms with E-state index >= 15 is 0 Å². The van der Waals surface area contributed by atoms with Gasteiger partial charge in [0.05, 0.1) is 25.9 Å². The number of aliphatic carboxylic acids is 1. The van der Waals surface area contributed by atoms with Gasteiger partial charge < -0.3 is 14.6 Å². The predicted octanol–water partition coefficient (Wildman–Crippen LogP) is 0.197. The summed E-state index contributed by atoms with van der Waals surface area (Å²) in [5.41, 5.74) is 0. The highest BCUT2D eigenvalue weighted by molar-refractivity contribution is 5.67. The molecule has 1 rings (SSSR count). The highest BCUT2D eigenvalue weighted by Crippen LogP contribution is 2.11. The lowest BCUT2D eigenvalue weighted by molar-refractivity contribution is -0.144. The van der Waals surface area contributed by atoms with Crippen molar-refractivity contribution < 1.29 is 19.4 Å². The first kappa shape index (κ1) is 12.4. The van der Waals surface area contributed by atoms with Crippen LogP contribution >= 0.6 is 0 Å². The second-order valence-electron chi connectivity index (χ2n) is 3.97. The molecule has 5 nitrogen and oxygen atoms in total. The molecule has 0 saturated carbocycles. The van der Waals surface area contributed by atoms with Crippen molar-refractivity contribution in [3.63, 3.8) is 0 Å². The fourth-order valence-electron chi connectivity index (χ4n) is 1.77. The number of morpholine rings is 1. The third kappa shape index (κ3) is 4.15. The molecule has 0 bridgehead atoms. The maximum Gasteiger partial charge on any atom is 0.329 e. The summed E-state index contributed by atoms with van der Waals surface area (Å²) in [4.78, 5) is 12.6. The molecule has 1 unspecified atom stereocenters. The van der Waals surface area contributed by atoms with E-state index < -0.39 is 5.97 Å². The second kappa shape index (κ2) is 6.05. The average molecular weight is 217 g/mol. The van der Waals surface area contributed by atoms with Gasteiger partial charge in [-0.3, -0.25) is 4.90 Å². The summed E-state index contributed by atoms with van der Waals surface area (Å²) in [6, 6.07) is 0.616. The first-order chi connectivity index (χ1) is 7.11. The molecule has 0 radical (unpaired) electrons. The number of carbonyl (C=O) groups is 1. The molecule has 1 saturated heterocycles. The zero-order valence-electron chi connectivity index (χ0n) is 9.31. The summed E-state index contributed by atoms with van der Waals surface area (Å²) in [5, 5.41) is 8.45. The minimum Gasteiger partial charge on any atom is -0.480 e. The van der Waals surface area contributed by atoms with Crippen LogP contribution in [-0.4, -0.2) is 61.0 Å². The number of ether oxygens (including phenoxy) is 2. The van der Waals surface area contributed by atoms with Crippen molar-refractivity contribution >= 4 is 5.97 Å². The van der Waals surface area contributed by atoms with Gasteiger partial charge in [-0.15, -0.1) is 0 Å². The standard InChI is InChI=1S/C10H19NO4/c1-8(2)11-3-4-14-5-9(11)6-15-7-10(12)13/h8-9H,3-7H2,1-2H3,(H,12,13). The normalized spacial score (nSPS) is 23.3. The Kier molecular flexibility index (Phi) is 5.01. The molecule has 15 heavy (non-hydrogen) atoms. The van der Waals surface area contributed by atoms with Gasteiger partial charge in [-0.25, -0.2) is 4.79 Å². The Morgan fingerprint density at radius 2 is 2.40 bits per heavy atom. The Morgan fingerprint density at radius 1 is 1.67 bits per heavy atom. The smallest absolute Gasteiger partial charge is 0.329 e. The van der Waals surface area contributed by atoms with E-state index in [9.17, 15) is 4.79 Å². The lowest BCUT2D eigenvalue weighted by Crippen LogP contribution is -2.51. The number of rotatable bonds is 5. The molecule has 0 amide bonds. The van der Waals surface area contributed by atoms with Gasteiger partial charge in [-0.05, 0) is 13.8 Å². The third-order valence-corrected chi connectivity index (χ3v) is 2.47. The molecular formula is C10H19NO4. The molecule has 0 aromatic heterocycles. The number of hydrogen-bond acceptors (Lipinski definition) is 4. The Morgan fingerprint density at radius 3 is 3.00 bits per heavy atom. The molecule has 0 aromatic rings. The van der Waals surface area contributed by atoms with Gasteiger partial charge in [0.25, 0.3) is 0 Å². The Bertz CT molecular complexity index is 208. The van der Waals surface area contributed by atoms with E-state index in [-0.39, 0.29) is 12.6 Å². The molecule has 0 spiro atoms. The number of hydrogen-bond donors (Lipinski definition) is 1. The topological polar surface area (TPSA) is 59.0 Å². The summed E-state index contributed by atoms with van der Waals surface area (Å²) in [7, 11) is 0. The van der Waals surface area contributed by atoms with Gasteiger partial charge in [0.2, 0.25) is 0 Å². The molecule has 1 N–H and O–H groups in total. The zero-order valence-corrected chi connectivity index (χ0v) is 9.31. The molecule has 0 aliphatic carbocycles. The van der Waals surface area contributed by atoms with E-state index in [4.69, 9.17) is 14.6 Å². The molecule has 1 aliphatic rings. The summed E-state index contributed by atoms with van der Waals surface area (Å²) in [6.07, 6.45) is 0. The lowest BCUT2D eigenvalue weighted by atomic mass is 10.2.